The van der Waals surface area contributed by atoms with E-state index in [-0.39, 0.29) is 4.90 Å². The molecule has 2 rings (SSSR count). The maximum absolute atomic E-state index is 12.6. The standard InChI is InChI=1S/C14H14Br2N2O2S/c1-8-5-10(15)3-4-13(8)18-21(19,20)14-7-11(16)6-12(17)9(14)2/h3-7,18H,17H2,1-2H3. The normalized spacial score (nSPS) is 11.4. The lowest BCUT2D eigenvalue weighted by Crippen LogP contribution is -2.15. The zero-order valence-electron chi connectivity index (χ0n) is 11.4. The van der Waals surface area contributed by atoms with Crippen LogP contribution in [0.25, 0.3) is 0 Å². The van der Waals surface area contributed by atoms with Gasteiger partial charge in [-0.1, -0.05) is 31.9 Å². The third kappa shape index (κ3) is 3.59. The second-order valence-corrected chi connectivity index (χ2v) is 8.17. The molecule has 0 atom stereocenters. The van der Waals surface area contributed by atoms with Gasteiger partial charge in [-0.15, -0.1) is 0 Å². The number of hydrogen-bond donors (Lipinski definition) is 2. The van der Waals surface area contributed by atoms with Crippen molar-refractivity contribution in [1.82, 2.24) is 0 Å². The fourth-order valence-corrected chi connectivity index (χ4v) is 4.43. The molecule has 112 valence electrons. The molecule has 4 nitrogen and oxygen atoms in total. The molecule has 3 N–H and O–H groups in total. The Morgan fingerprint density at radius 1 is 1.05 bits per heavy atom. The van der Waals surface area contributed by atoms with Crippen LogP contribution in [0.5, 0.6) is 0 Å². The van der Waals surface area contributed by atoms with Crippen LogP contribution >= 0.6 is 31.9 Å². The lowest BCUT2D eigenvalue weighted by Gasteiger charge is -2.14. The molecule has 0 bridgehead atoms. The van der Waals surface area contributed by atoms with Crippen molar-refractivity contribution in [3.05, 3.63) is 50.4 Å². The smallest absolute Gasteiger partial charge is 0.262 e. The molecule has 0 saturated carbocycles. The van der Waals surface area contributed by atoms with Crippen molar-refractivity contribution in [2.75, 3.05) is 10.5 Å². The summed E-state index contributed by atoms with van der Waals surface area (Å²) in [6, 6.07) is 8.57. The molecule has 21 heavy (non-hydrogen) atoms. The fraction of sp³-hybridized carbons (Fsp3) is 0.143. The van der Waals surface area contributed by atoms with Gasteiger partial charge in [-0.3, -0.25) is 4.72 Å². The molecule has 0 aliphatic heterocycles. The van der Waals surface area contributed by atoms with Gasteiger partial charge in [0.2, 0.25) is 0 Å². The SMILES string of the molecule is Cc1cc(Br)ccc1NS(=O)(=O)c1cc(Br)cc(N)c1C. The summed E-state index contributed by atoms with van der Waals surface area (Å²) >= 11 is 6.62. The fourth-order valence-electron chi connectivity index (χ4n) is 1.89. The van der Waals surface area contributed by atoms with Crippen molar-refractivity contribution in [3.8, 4) is 0 Å². The van der Waals surface area contributed by atoms with Crippen LogP contribution in [0.15, 0.2) is 44.2 Å². The Hall–Kier alpha value is -1.05. The summed E-state index contributed by atoms with van der Waals surface area (Å²) in [6.45, 7) is 3.52. The van der Waals surface area contributed by atoms with Crippen molar-refractivity contribution in [3.63, 3.8) is 0 Å². The molecule has 0 amide bonds. The molecule has 0 saturated heterocycles. The van der Waals surface area contributed by atoms with E-state index in [0.717, 1.165) is 10.0 Å². The minimum Gasteiger partial charge on any atom is -0.398 e. The van der Waals surface area contributed by atoms with Crippen LogP contribution in [0.3, 0.4) is 0 Å². The van der Waals surface area contributed by atoms with Gasteiger partial charge in [-0.05, 0) is 55.3 Å². The van der Waals surface area contributed by atoms with E-state index in [0.29, 0.717) is 21.4 Å². The van der Waals surface area contributed by atoms with E-state index in [1.54, 1.807) is 31.2 Å². The van der Waals surface area contributed by atoms with E-state index in [4.69, 9.17) is 5.73 Å². The lowest BCUT2D eigenvalue weighted by molar-refractivity contribution is 0.600. The van der Waals surface area contributed by atoms with E-state index in [2.05, 4.69) is 36.6 Å². The number of anilines is 2. The highest BCUT2D eigenvalue weighted by molar-refractivity contribution is 9.10. The molecule has 2 aromatic carbocycles. The summed E-state index contributed by atoms with van der Waals surface area (Å²) in [6.07, 6.45) is 0. The average molecular weight is 434 g/mol. The number of rotatable bonds is 3. The predicted molar refractivity (Wildman–Crippen MR) is 93.0 cm³/mol. The molecule has 2 aromatic rings. The highest BCUT2D eigenvalue weighted by Gasteiger charge is 2.20. The number of nitrogen functional groups attached to an aromatic ring is 1. The molecule has 0 unspecified atom stereocenters. The van der Waals surface area contributed by atoms with Gasteiger partial charge in [0.05, 0.1) is 10.6 Å². The third-order valence-corrected chi connectivity index (χ3v) is 5.53. The van der Waals surface area contributed by atoms with Gasteiger partial charge in [0.1, 0.15) is 0 Å². The Bertz CT molecular complexity index is 805. The Balaban J connectivity index is 2.48. The minimum absolute atomic E-state index is 0.164. The number of hydrogen-bond acceptors (Lipinski definition) is 3. The monoisotopic (exact) mass is 432 g/mol. The highest BCUT2D eigenvalue weighted by atomic mass is 79.9. The average Bonchev–Trinajstić information content (AvgIpc) is 2.37. The molecule has 0 radical (unpaired) electrons. The van der Waals surface area contributed by atoms with Crippen LogP contribution in [0.2, 0.25) is 0 Å². The molecule has 7 heteroatoms. The number of aryl methyl sites for hydroxylation is 1. The summed E-state index contributed by atoms with van der Waals surface area (Å²) in [5.41, 5.74) is 8.15. The van der Waals surface area contributed by atoms with Crippen LogP contribution in [0.4, 0.5) is 11.4 Å². The van der Waals surface area contributed by atoms with Crippen molar-refractivity contribution in [2.45, 2.75) is 18.7 Å². The zero-order chi connectivity index (χ0) is 15.8. The van der Waals surface area contributed by atoms with Crippen LogP contribution in [-0.4, -0.2) is 8.42 Å². The lowest BCUT2D eigenvalue weighted by atomic mass is 10.2. The molecular weight excluding hydrogens is 420 g/mol. The van der Waals surface area contributed by atoms with Crippen LogP contribution in [0, 0.1) is 13.8 Å². The minimum atomic E-state index is -3.70. The first-order valence-electron chi connectivity index (χ1n) is 6.05. The number of sulfonamides is 1. The van der Waals surface area contributed by atoms with E-state index in [1.165, 1.54) is 0 Å². The number of nitrogens with one attached hydrogen (secondary N) is 1. The van der Waals surface area contributed by atoms with Crippen LogP contribution in [0.1, 0.15) is 11.1 Å². The van der Waals surface area contributed by atoms with Crippen molar-refractivity contribution in [1.29, 1.82) is 0 Å². The summed E-state index contributed by atoms with van der Waals surface area (Å²) in [5.74, 6) is 0. The van der Waals surface area contributed by atoms with E-state index >= 15 is 0 Å². The maximum Gasteiger partial charge on any atom is 0.262 e. The molecule has 0 heterocycles. The molecule has 0 aliphatic rings. The molecule has 0 aromatic heterocycles. The van der Waals surface area contributed by atoms with Gasteiger partial charge in [0.15, 0.2) is 0 Å². The first kappa shape index (κ1) is 16.3. The first-order chi connectivity index (χ1) is 9.70. The maximum atomic E-state index is 12.6. The summed E-state index contributed by atoms with van der Waals surface area (Å²) < 4.78 is 29.2. The van der Waals surface area contributed by atoms with E-state index in [9.17, 15) is 8.42 Å². The van der Waals surface area contributed by atoms with Gasteiger partial charge < -0.3 is 5.73 Å². The molecule has 0 fully saturated rings. The van der Waals surface area contributed by atoms with E-state index < -0.39 is 10.0 Å². The largest absolute Gasteiger partial charge is 0.398 e. The molecule has 0 spiro atoms. The van der Waals surface area contributed by atoms with Crippen LogP contribution in [-0.2, 0) is 10.0 Å². The third-order valence-electron chi connectivity index (χ3n) is 3.09. The predicted octanol–water partition coefficient (Wildman–Crippen LogP) is 4.21. The summed E-state index contributed by atoms with van der Waals surface area (Å²) in [4.78, 5) is 0.164. The first-order valence-corrected chi connectivity index (χ1v) is 9.12. The Kier molecular flexibility index (Phi) is 4.65. The quantitative estimate of drug-likeness (QED) is 0.712. The second kappa shape index (κ2) is 5.98. The topological polar surface area (TPSA) is 72.2 Å². The Labute approximate surface area is 141 Å². The number of benzene rings is 2. The van der Waals surface area contributed by atoms with Gasteiger partial charge in [0.25, 0.3) is 10.0 Å². The van der Waals surface area contributed by atoms with Crippen LogP contribution < -0.4 is 10.5 Å². The molecule has 0 aliphatic carbocycles. The van der Waals surface area contributed by atoms with Crippen molar-refractivity contribution < 1.29 is 8.42 Å². The molecular formula is C14H14Br2N2O2S. The summed E-state index contributed by atoms with van der Waals surface area (Å²) in [7, 11) is -3.70. The highest BCUT2D eigenvalue weighted by Crippen LogP contribution is 2.29. The zero-order valence-corrected chi connectivity index (χ0v) is 15.4. The van der Waals surface area contributed by atoms with Gasteiger partial charge >= 0.3 is 0 Å². The number of nitrogens with two attached hydrogens (primary N) is 1. The van der Waals surface area contributed by atoms with Gasteiger partial charge in [0, 0.05) is 14.6 Å². The number of halogens is 2. The van der Waals surface area contributed by atoms with E-state index in [1.807, 2.05) is 13.0 Å². The Morgan fingerprint density at radius 2 is 1.71 bits per heavy atom. The van der Waals surface area contributed by atoms with Crippen molar-refractivity contribution in [2.24, 2.45) is 0 Å². The Morgan fingerprint density at radius 3 is 2.33 bits per heavy atom. The van der Waals surface area contributed by atoms with Gasteiger partial charge in [-0.2, -0.15) is 0 Å². The second-order valence-electron chi connectivity index (χ2n) is 4.68. The summed E-state index contributed by atoms with van der Waals surface area (Å²) in [5, 5.41) is 0. The van der Waals surface area contributed by atoms with Crippen molar-refractivity contribution >= 4 is 53.3 Å². The van der Waals surface area contributed by atoms with Gasteiger partial charge in [-0.25, -0.2) is 8.42 Å².